The number of hydrogen-bond acceptors (Lipinski definition) is 4. The first-order chi connectivity index (χ1) is 14.8. The summed E-state index contributed by atoms with van der Waals surface area (Å²) < 4.78 is 17.3. The second-order valence-corrected chi connectivity index (χ2v) is 7.06. The molecule has 0 atom stereocenters. The van der Waals surface area contributed by atoms with Crippen LogP contribution in [-0.2, 0) is 38.8 Å². The number of rotatable bonds is 12. The molecule has 4 heteroatoms. The molecule has 3 aromatic rings. The summed E-state index contributed by atoms with van der Waals surface area (Å²) in [5.74, 6) is -0.205. The molecule has 0 aliphatic heterocycles. The van der Waals surface area contributed by atoms with Crippen molar-refractivity contribution in [1.29, 1.82) is 0 Å². The molecule has 0 heterocycles. The van der Waals surface area contributed by atoms with Crippen molar-refractivity contribution in [2.45, 2.75) is 45.4 Å². The molecule has 0 saturated carbocycles. The maximum atomic E-state index is 12.1. The number of benzene rings is 3. The molecule has 0 spiro atoms. The molecule has 30 heavy (non-hydrogen) atoms. The molecule has 0 aromatic heterocycles. The summed E-state index contributed by atoms with van der Waals surface area (Å²) in [6.45, 7) is 1.25. The van der Waals surface area contributed by atoms with Gasteiger partial charge in [0.1, 0.15) is 6.61 Å². The Morgan fingerprint density at radius 1 is 0.633 bits per heavy atom. The molecule has 0 amide bonds. The first-order valence-corrected chi connectivity index (χ1v) is 10.3. The third-order valence-electron chi connectivity index (χ3n) is 4.62. The summed E-state index contributed by atoms with van der Waals surface area (Å²) in [5.41, 5.74) is 3.17. The van der Waals surface area contributed by atoms with Gasteiger partial charge in [-0.1, -0.05) is 91.0 Å². The van der Waals surface area contributed by atoms with Crippen molar-refractivity contribution in [3.05, 3.63) is 108 Å². The number of esters is 1. The van der Waals surface area contributed by atoms with Crippen LogP contribution in [0.2, 0.25) is 0 Å². The summed E-state index contributed by atoms with van der Waals surface area (Å²) in [6, 6.07) is 29.7. The number of carbonyl (C=O) groups excluding carboxylic acids is 1. The first-order valence-electron chi connectivity index (χ1n) is 10.3. The number of hydrogen-bond donors (Lipinski definition) is 0. The van der Waals surface area contributed by atoms with Crippen molar-refractivity contribution in [3.63, 3.8) is 0 Å². The predicted molar refractivity (Wildman–Crippen MR) is 116 cm³/mol. The highest BCUT2D eigenvalue weighted by atomic mass is 16.7. The van der Waals surface area contributed by atoms with E-state index in [-0.39, 0.29) is 12.3 Å². The first kappa shape index (κ1) is 21.8. The summed E-state index contributed by atoms with van der Waals surface area (Å²) in [6.07, 6.45) is 1.22. The van der Waals surface area contributed by atoms with Gasteiger partial charge >= 0.3 is 5.97 Å². The minimum atomic E-state index is -0.382. The Morgan fingerprint density at radius 2 is 1.07 bits per heavy atom. The van der Waals surface area contributed by atoms with Crippen molar-refractivity contribution >= 4 is 5.97 Å². The highest BCUT2D eigenvalue weighted by Crippen LogP contribution is 2.14. The van der Waals surface area contributed by atoms with E-state index < -0.39 is 0 Å². The van der Waals surface area contributed by atoms with E-state index in [0.717, 1.165) is 16.7 Å². The molecule has 0 radical (unpaired) electrons. The lowest BCUT2D eigenvalue weighted by Crippen LogP contribution is -2.18. The molecule has 0 unspecified atom stereocenters. The lowest BCUT2D eigenvalue weighted by molar-refractivity contribution is -0.162. The Kier molecular flexibility index (Phi) is 9.12. The molecule has 4 nitrogen and oxygen atoms in total. The lowest BCUT2D eigenvalue weighted by atomic mass is 10.2. The molecule has 0 N–H and O–H groups in total. The van der Waals surface area contributed by atoms with E-state index in [4.69, 9.17) is 14.2 Å². The predicted octanol–water partition coefficient (Wildman–Crippen LogP) is 5.66. The average Bonchev–Trinajstić information content (AvgIpc) is 2.81. The molecular weight excluding hydrogens is 376 g/mol. The third-order valence-corrected chi connectivity index (χ3v) is 4.62. The Hall–Kier alpha value is -2.95. The smallest absolute Gasteiger partial charge is 0.306 e. The Morgan fingerprint density at radius 3 is 1.53 bits per heavy atom. The molecular formula is C26H28O4. The molecule has 0 fully saturated rings. The van der Waals surface area contributed by atoms with Gasteiger partial charge in [0.05, 0.1) is 13.2 Å². The zero-order chi connectivity index (χ0) is 20.9. The summed E-state index contributed by atoms with van der Waals surface area (Å²) >= 11 is 0. The second kappa shape index (κ2) is 12.6. The molecule has 3 aromatic carbocycles. The van der Waals surface area contributed by atoms with Crippen LogP contribution < -0.4 is 0 Å². The van der Waals surface area contributed by atoms with Crippen molar-refractivity contribution in [2.24, 2.45) is 0 Å². The quantitative estimate of drug-likeness (QED) is 0.289. The van der Waals surface area contributed by atoms with Crippen LogP contribution in [0.5, 0.6) is 0 Å². The number of ether oxygens (including phenoxy) is 3. The Labute approximate surface area is 178 Å². The van der Waals surface area contributed by atoms with Gasteiger partial charge in [0.2, 0.25) is 0 Å². The van der Waals surface area contributed by atoms with Gasteiger partial charge in [-0.05, 0) is 29.5 Å². The van der Waals surface area contributed by atoms with Gasteiger partial charge in [-0.25, -0.2) is 0 Å². The summed E-state index contributed by atoms with van der Waals surface area (Å²) in [7, 11) is 0. The number of carbonyl (C=O) groups is 1. The van der Waals surface area contributed by atoms with Gasteiger partial charge in [-0.15, -0.1) is 0 Å². The van der Waals surface area contributed by atoms with E-state index in [1.54, 1.807) is 0 Å². The second-order valence-electron chi connectivity index (χ2n) is 7.06. The Bertz CT molecular complexity index is 806. The van der Waals surface area contributed by atoms with Crippen molar-refractivity contribution < 1.29 is 19.0 Å². The van der Waals surface area contributed by atoms with Crippen molar-refractivity contribution in [2.75, 3.05) is 0 Å². The highest BCUT2D eigenvalue weighted by molar-refractivity contribution is 5.69. The zero-order valence-corrected chi connectivity index (χ0v) is 17.1. The molecule has 0 aliphatic carbocycles. The van der Waals surface area contributed by atoms with E-state index in [0.29, 0.717) is 39.1 Å². The van der Waals surface area contributed by atoms with Gasteiger partial charge < -0.3 is 14.2 Å². The highest BCUT2D eigenvalue weighted by Gasteiger charge is 2.12. The Balaban J connectivity index is 1.43. The van der Waals surface area contributed by atoms with Crippen LogP contribution in [0.3, 0.4) is 0 Å². The van der Waals surface area contributed by atoms with Gasteiger partial charge in [-0.2, -0.15) is 0 Å². The van der Waals surface area contributed by atoms with Crippen LogP contribution in [0.4, 0.5) is 0 Å². The van der Waals surface area contributed by atoms with Crippen molar-refractivity contribution in [1.82, 2.24) is 0 Å². The fourth-order valence-corrected chi connectivity index (χ4v) is 2.96. The molecule has 0 saturated heterocycles. The maximum absolute atomic E-state index is 12.1. The van der Waals surface area contributed by atoms with E-state index in [9.17, 15) is 4.79 Å². The van der Waals surface area contributed by atoms with Crippen LogP contribution >= 0.6 is 0 Å². The summed E-state index contributed by atoms with van der Waals surface area (Å²) in [5, 5.41) is 0. The normalized spacial score (nSPS) is 10.8. The van der Waals surface area contributed by atoms with E-state index in [1.807, 2.05) is 91.0 Å². The van der Waals surface area contributed by atoms with Gasteiger partial charge in [0.15, 0.2) is 6.29 Å². The topological polar surface area (TPSA) is 44.8 Å². The fourth-order valence-electron chi connectivity index (χ4n) is 2.96. The zero-order valence-electron chi connectivity index (χ0n) is 17.1. The minimum Gasteiger partial charge on any atom is -0.461 e. The third kappa shape index (κ3) is 8.19. The molecule has 156 valence electrons. The SMILES string of the molecule is O=C(CCCC(OCc1ccccc1)OCc1ccccc1)OCc1ccccc1. The van der Waals surface area contributed by atoms with Crippen LogP contribution in [0.25, 0.3) is 0 Å². The standard InChI is InChI=1S/C26H28O4/c27-25(28-19-22-11-4-1-5-12-22)17-10-18-26(29-20-23-13-6-2-7-14-23)30-21-24-15-8-3-9-16-24/h1-9,11-16,26H,10,17-21H2. The van der Waals surface area contributed by atoms with Crippen LogP contribution in [-0.4, -0.2) is 12.3 Å². The maximum Gasteiger partial charge on any atom is 0.306 e. The minimum absolute atomic E-state index is 0.205. The van der Waals surface area contributed by atoms with Gasteiger partial charge in [0.25, 0.3) is 0 Å². The largest absolute Gasteiger partial charge is 0.461 e. The monoisotopic (exact) mass is 404 g/mol. The molecule has 0 bridgehead atoms. The van der Waals surface area contributed by atoms with Crippen LogP contribution in [0.15, 0.2) is 91.0 Å². The fraction of sp³-hybridized carbons (Fsp3) is 0.269. The van der Waals surface area contributed by atoms with Gasteiger partial charge in [0, 0.05) is 6.42 Å². The van der Waals surface area contributed by atoms with Gasteiger partial charge in [-0.3, -0.25) is 4.79 Å². The molecule has 3 rings (SSSR count). The lowest BCUT2D eigenvalue weighted by Gasteiger charge is -2.19. The van der Waals surface area contributed by atoms with Crippen molar-refractivity contribution in [3.8, 4) is 0 Å². The average molecular weight is 405 g/mol. The van der Waals surface area contributed by atoms with E-state index in [2.05, 4.69) is 0 Å². The van der Waals surface area contributed by atoms with E-state index in [1.165, 1.54) is 0 Å². The molecule has 0 aliphatic rings. The summed E-state index contributed by atoms with van der Waals surface area (Å²) in [4.78, 5) is 12.1. The van der Waals surface area contributed by atoms with Crippen LogP contribution in [0, 0.1) is 0 Å². The van der Waals surface area contributed by atoms with E-state index >= 15 is 0 Å². The van der Waals surface area contributed by atoms with Crippen LogP contribution in [0.1, 0.15) is 36.0 Å².